The van der Waals surface area contributed by atoms with Gasteiger partial charge >= 0.3 is 0 Å². The van der Waals surface area contributed by atoms with Gasteiger partial charge in [0.05, 0.1) is 11.8 Å². The summed E-state index contributed by atoms with van der Waals surface area (Å²) in [5.41, 5.74) is 5.27. The van der Waals surface area contributed by atoms with Crippen molar-refractivity contribution in [1.29, 1.82) is 0 Å². The number of amides is 1. The van der Waals surface area contributed by atoms with Crippen LogP contribution in [0, 0.1) is 5.92 Å². The summed E-state index contributed by atoms with van der Waals surface area (Å²) in [6, 6.07) is 5.57. The summed E-state index contributed by atoms with van der Waals surface area (Å²) < 4.78 is 5.53. The standard InChI is InChI=1S/C18H27N3O2/c1-3-5-13(2)10-15-11-14(7-8-17(15)21-19)18(22)20-12-16-6-4-9-23-16/h3,5,7-8,11,13,16,21H,4,6,9-10,12,19H2,1-2H3,(H,20,22)/b5-3-. The maximum Gasteiger partial charge on any atom is 0.251 e. The van der Waals surface area contributed by atoms with E-state index in [4.69, 9.17) is 10.6 Å². The molecular weight excluding hydrogens is 290 g/mol. The number of carbonyl (C=O) groups is 1. The van der Waals surface area contributed by atoms with Gasteiger partial charge in [-0.05, 0) is 55.9 Å². The molecule has 126 valence electrons. The molecule has 1 saturated heterocycles. The van der Waals surface area contributed by atoms with Crippen LogP contribution in [0.5, 0.6) is 0 Å². The van der Waals surface area contributed by atoms with Crippen LogP contribution in [0.3, 0.4) is 0 Å². The molecule has 2 unspecified atom stereocenters. The Morgan fingerprint density at radius 3 is 3.00 bits per heavy atom. The van der Waals surface area contributed by atoms with Gasteiger partial charge in [-0.2, -0.15) is 0 Å². The van der Waals surface area contributed by atoms with Crippen LogP contribution in [-0.4, -0.2) is 25.2 Å². The molecule has 2 rings (SSSR count). The second-order valence-electron chi connectivity index (χ2n) is 6.07. The van der Waals surface area contributed by atoms with Crippen molar-refractivity contribution in [3.05, 3.63) is 41.5 Å². The van der Waals surface area contributed by atoms with Crippen LogP contribution in [0.4, 0.5) is 5.69 Å². The molecule has 0 saturated carbocycles. The van der Waals surface area contributed by atoms with Gasteiger partial charge in [-0.3, -0.25) is 10.6 Å². The predicted molar refractivity (Wildman–Crippen MR) is 93.2 cm³/mol. The van der Waals surface area contributed by atoms with Crippen LogP contribution < -0.4 is 16.6 Å². The molecule has 0 spiro atoms. The van der Waals surface area contributed by atoms with Crippen molar-refractivity contribution >= 4 is 11.6 Å². The van der Waals surface area contributed by atoms with Gasteiger partial charge in [0.25, 0.3) is 5.91 Å². The fourth-order valence-electron chi connectivity index (χ4n) is 2.90. The highest BCUT2D eigenvalue weighted by Crippen LogP contribution is 2.21. The largest absolute Gasteiger partial charge is 0.376 e. The van der Waals surface area contributed by atoms with Gasteiger partial charge in [0, 0.05) is 18.7 Å². The summed E-state index contributed by atoms with van der Waals surface area (Å²) in [7, 11) is 0. The lowest BCUT2D eigenvalue weighted by Crippen LogP contribution is -2.31. The van der Waals surface area contributed by atoms with E-state index in [0.717, 1.165) is 37.1 Å². The third kappa shape index (κ3) is 5.08. The van der Waals surface area contributed by atoms with E-state index >= 15 is 0 Å². The summed E-state index contributed by atoms with van der Waals surface area (Å²) in [5.74, 6) is 5.90. The highest BCUT2D eigenvalue weighted by Gasteiger charge is 2.17. The molecule has 1 aromatic carbocycles. The molecule has 0 bridgehead atoms. The quantitative estimate of drug-likeness (QED) is 0.410. The SMILES string of the molecule is C/C=C\C(C)Cc1cc(C(=O)NCC2CCCO2)ccc1NN. The minimum Gasteiger partial charge on any atom is -0.376 e. The smallest absolute Gasteiger partial charge is 0.251 e. The monoisotopic (exact) mass is 317 g/mol. The van der Waals surface area contributed by atoms with Crippen molar-refractivity contribution in [2.75, 3.05) is 18.6 Å². The van der Waals surface area contributed by atoms with E-state index in [1.54, 1.807) is 6.07 Å². The molecule has 23 heavy (non-hydrogen) atoms. The lowest BCUT2D eigenvalue weighted by atomic mass is 9.97. The first kappa shape index (κ1) is 17.5. The predicted octanol–water partition coefficient (Wildman–Crippen LogP) is 2.64. The zero-order valence-electron chi connectivity index (χ0n) is 14.0. The first-order chi connectivity index (χ1) is 11.1. The Bertz CT molecular complexity index is 551. The minimum atomic E-state index is -0.0657. The third-order valence-electron chi connectivity index (χ3n) is 4.10. The summed E-state index contributed by atoms with van der Waals surface area (Å²) >= 11 is 0. The topological polar surface area (TPSA) is 76.4 Å². The molecule has 4 N–H and O–H groups in total. The van der Waals surface area contributed by atoms with E-state index in [9.17, 15) is 4.79 Å². The average Bonchev–Trinajstić information content (AvgIpc) is 3.06. The van der Waals surface area contributed by atoms with Crippen LogP contribution in [0.25, 0.3) is 0 Å². The number of carbonyl (C=O) groups excluding carboxylic acids is 1. The minimum absolute atomic E-state index is 0.0657. The van der Waals surface area contributed by atoms with Crippen molar-refractivity contribution in [2.24, 2.45) is 11.8 Å². The molecule has 5 heteroatoms. The molecular formula is C18H27N3O2. The second-order valence-corrected chi connectivity index (χ2v) is 6.07. The Kier molecular flexibility index (Phi) is 6.62. The van der Waals surface area contributed by atoms with Crippen LogP contribution in [0.15, 0.2) is 30.4 Å². The molecule has 0 aromatic heterocycles. The number of ether oxygens (including phenoxy) is 1. The second kappa shape index (κ2) is 8.70. The molecule has 5 nitrogen and oxygen atoms in total. The number of hydrogen-bond acceptors (Lipinski definition) is 4. The van der Waals surface area contributed by atoms with Gasteiger partial charge in [-0.1, -0.05) is 19.1 Å². The number of nitrogens with one attached hydrogen (secondary N) is 2. The first-order valence-corrected chi connectivity index (χ1v) is 8.26. The normalized spacial score (nSPS) is 19.0. The third-order valence-corrected chi connectivity index (χ3v) is 4.10. The maximum absolute atomic E-state index is 12.3. The Labute approximate surface area is 138 Å². The van der Waals surface area contributed by atoms with Crippen LogP contribution in [0.1, 0.15) is 42.6 Å². The molecule has 0 radical (unpaired) electrons. The zero-order valence-corrected chi connectivity index (χ0v) is 14.0. The van der Waals surface area contributed by atoms with Gasteiger partial charge in [0.1, 0.15) is 0 Å². The average molecular weight is 317 g/mol. The van der Waals surface area contributed by atoms with Crippen LogP contribution in [-0.2, 0) is 11.2 Å². The van der Waals surface area contributed by atoms with Crippen molar-refractivity contribution < 1.29 is 9.53 Å². The lowest BCUT2D eigenvalue weighted by Gasteiger charge is -2.15. The number of nitrogens with two attached hydrogens (primary N) is 1. The fourth-order valence-corrected chi connectivity index (χ4v) is 2.90. The van der Waals surface area contributed by atoms with E-state index < -0.39 is 0 Å². The van der Waals surface area contributed by atoms with Crippen LogP contribution in [0.2, 0.25) is 0 Å². The highest BCUT2D eigenvalue weighted by atomic mass is 16.5. The van der Waals surface area contributed by atoms with Gasteiger partial charge in [-0.25, -0.2) is 0 Å². The number of nitrogen functional groups attached to an aromatic ring is 1. The summed E-state index contributed by atoms with van der Waals surface area (Å²) in [6.07, 6.45) is 7.25. The molecule has 1 amide bonds. The molecule has 0 aliphatic carbocycles. The highest BCUT2D eigenvalue weighted by molar-refractivity contribution is 5.94. The van der Waals surface area contributed by atoms with Gasteiger partial charge in [0.2, 0.25) is 0 Å². The number of benzene rings is 1. The number of allylic oxidation sites excluding steroid dienone is 2. The molecule has 1 aliphatic heterocycles. The number of rotatable bonds is 7. The van der Waals surface area contributed by atoms with E-state index in [1.165, 1.54) is 0 Å². The Morgan fingerprint density at radius 2 is 2.35 bits per heavy atom. The van der Waals surface area contributed by atoms with Crippen molar-refractivity contribution in [2.45, 2.75) is 39.2 Å². The summed E-state index contributed by atoms with van der Waals surface area (Å²) in [5, 5.41) is 2.95. The van der Waals surface area contributed by atoms with Crippen molar-refractivity contribution in [3.63, 3.8) is 0 Å². The number of hydrogen-bond donors (Lipinski definition) is 3. The maximum atomic E-state index is 12.3. The molecule has 2 atom stereocenters. The lowest BCUT2D eigenvalue weighted by molar-refractivity contribution is 0.0857. The number of anilines is 1. The van der Waals surface area contributed by atoms with Gasteiger partial charge < -0.3 is 15.5 Å². The Hall–Kier alpha value is -1.85. The fraction of sp³-hybridized carbons (Fsp3) is 0.500. The van der Waals surface area contributed by atoms with E-state index in [-0.39, 0.29) is 12.0 Å². The van der Waals surface area contributed by atoms with E-state index in [0.29, 0.717) is 18.0 Å². The van der Waals surface area contributed by atoms with Crippen molar-refractivity contribution in [3.8, 4) is 0 Å². The number of hydrazine groups is 1. The van der Waals surface area contributed by atoms with E-state index in [2.05, 4.69) is 23.7 Å². The molecule has 1 fully saturated rings. The van der Waals surface area contributed by atoms with Gasteiger partial charge in [0.15, 0.2) is 0 Å². The van der Waals surface area contributed by atoms with Crippen molar-refractivity contribution in [1.82, 2.24) is 5.32 Å². The molecule has 1 aliphatic rings. The zero-order chi connectivity index (χ0) is 16.7. The van der Waals surface area contributed by atoms with Gasteiger partial charge in [-0.15, -0.1) is 0 Å². The Balaban J connectivity index is 2.04. The first-order valence-electron chi connectivity index (χ1n) is 8.26. The Morgan fingerprint density at radius 1 is 1.52 bits per heavy atom. The molecule has 1 heterocycles. The summed E-state index contributed by atoms with van der Waals surface area (Å²) in [4.78, 5) is 12.3. The van der Waals surface area contributed by atoms with Crippen LogP contribution >= 0.6 is 0 Å². The summed E-state index contributed by atoms with van der Waals surface area (Å²) in [6.45, 7) is 5.52. The van der Waals surface area contributed by atoms with E-state index in [1.807, 2.05) is 25.1 Å². The molecule has 1 aromatic rings.